The Morgan fingerprint density at radius 3 is 2.74 bits per heavy atom. The molecule has 0 saturated carbocycles. The second-order valence-corrected chi connectivity index (χ2v) is 6.10. The van der Waals surface area contributed by atoms with Crippen molar-refractivity contribution in [1.82, 2.24) is 20.4 Å². The summed E-state index contributed by atoms with van der Waals surface area (Å²) in [6.45, 7) is 4.16. The molecule has 4 rings (SSSR count). The highest BCUT2D eigenvalue weighted by Gasteiger charge is 2.23. The summed E-state index contributed by atoms with van der Waals surface area (Å²) >= 11 is 0. The number of piperidine rings is 1. The highest BCUT2D eigenvalue weighted by molar-refractivity contribution is 5.85. The van der Waals surface area contributed by atoms with Gasteiger partial charge in [-0.15, -0.1) is 12.4 Å². The summed E-state index contributed by atoms with van der Waals surface area (Å²) in [4.78, 5) is 11.5. The average molecular weight is 336 g/mol. The Hall–Kier alpha value is -1.66. The summed E-state index contributed by atoms with van der Waals surface area (Å²) in [5, 5.41) is 7.42. The summed E-state index contributed by atoms with van der Waals surface area (Å²) in [6, 6.07) is 4.10. The fourth-order valence-corrected chi connectivity index (χ4v) is 3.21. The van der Waals surface area contributed by atoms with Crippen LogP contribution in [0.4, 0.5) is 5.82 Å². The quantitative estimate of drug-likeness (QED) is 0.930. The predicted molar refractivity (Wildman–Crippen MR) is 91.1 cm³/mol. The Kier molecular flexibility index (Phi) is 5.13. The Labute approximate surface area is 142 Å². The molecule has 6 nitrogen and oxygen atoms in total. The summed E-state index contributed by atoms with van der Waals surface area (Å²) < 4.78 is 5.41. The van der Waals surface area contributed by atoms with Gasteiger partial charge in [0.2, 0.25) is 11.7 Å². The standard InChI is InChI=1S/C16H21N5O.ClH/c1-2-8-21(9-3-1)14-5-4-12(11-18-14)15-19-16(22-20-15)13-6-7-17-10-13;/h4-5,11,13,17H,1-3,6-10H2;1H/t13-;/m0./s1. The van der Waals surface area contributed by atoms with Gasteiger partial charge in [-0.25, -0.2) is 4.98 Å². The first-order valence-corrected chi connectivity index (χ1v) is 8.16. The fourth-order valence-electron chi connectivity index (χ4n) is 3.21. The van der Waals surface area contributed by atoms with Gasteiger partial charge in [-0.2, -0.15) is 4.98 Å². The third kappa shape index (κ3) is 3.48. The molecule has 0 aliphatic carbocycles. The zero-order valence-electron chi connectivity index (χ0n) is 13.1. The SMILES string of the molecule is Cl.c1cc(N2CCCCC2)ncc1-c1noc([C@H]2CCNC2)n1. The highest BCUT2D eigenvalue weighted by Crippen LogP contribution is 2.25. The number of anilines is 1. The van der Waals surface area contributed by atoms with E-state index in [1.165, 1.54) is 19.3 Å². The van der Waals surface area contributed by atoms with E-state index in [1.807, 2.05) is 12.3 Å². The fraction of sp³-hybridized carbons (Fsp3) is 0.562. The average Bonchev–Trinajstić information content (AvgIpc) is 3.27. The van der Waals surface area contributed by atoms with Gasteiger partial charge in [0, 0.05) is 31.4 Å². The van der Waals surface area contributed by atoms with Crippen molar-refractivity contribution in [3.05, 3.63) is 24.2 Å². The smallest absolute Gasteiger partial charge is 0.231 e. The van der Waals surface area contributed by atoms with Crippen LogP contribution in [0.2, 0.25) is 0 Å². The second kappa shape index (κ2) is 7.27. The minimum absolute atomic E-state index is 0. The molecule has 2 aromatic heterocycles. The Balaban J connectivity index is 0.00000156. The zero-order chi connectivity index (χ0) is 14.8. The lowest BCUT2D eigenvalue weighted by atomic mass is 10.1. The van der Waals surface area contributed by atoms with Gasteiger partial charge in [0.25, 0.3) is 0 Å². The molecule has 1 atom stereocenters. The number of nitrogens with zero attached hydrogens (tertiary/aromatic N) is 4. The molecule has 2 saturated heterocycles. The molecule has 7 heteroatoms. The molecule has 124 valence electrons. The number of pyridine rings is 1. The van der Waals surface area contributed by atoms with E-state index in [2.05, 4.69) is 31.4 Å². The van der Waals surface area contributed by atoms with E-state index >= 15 is 0 Å². The van der Waals surface area contributed by atoms with Crippen LogP contribution >= 0.6 is 12.4 Å². The molecule has 2 fully saturated rings. The Morgan fingerprint density at radius 1 is 1.17 bits per heavy atom. The molecule has 2 aliphatic heterocycles. The lowest BCUT2D eigenvalue weighted by Crippen LogP contribution is -2.29. The molecular formula is C16H22ClN5O. The maximum Gasteiger partial charge on any atom is 0.231 e. The zero-order valence-corrected chi connectivity index (χ0v) is 13.9. The number of nitrogens with one attached hydrogen (secondary N) is 1. The highest BCUT2D eigenvalue weighted by atomic mass is 35.5. The largest absolute Gasteiger partial charge is 0.357 e. The molecule has 0 radical (unpaired) electrons. The monoisotopic (exact) mass is 335 g/mol. The molecule has 0 amide bonds. The molecule has 0 spiro atoms. The van der Waals surface area contributed by atoms with Crippen LogP contribution in [-0.4, -0.2) is 41.3 Å². The van der Waals surface area contributed by atoms with E-state index in [-0.39, 0.29) is 12.4 Å². The van der Waals surface area contributed by atoms with Gasteiger partial charge in [-0.1, -0.05) is 5.16 Å². The van der Waals surface area contributed by atoms with Gasteiger partial charge in [0.15, 0.2) is 0 Å². The van der Waals surface area contributed by atoms with Crippen molar-refractivity contribution in [3.63, 3.8) is 0 Å². The number of hydrogen-bond acceptors (Lipinski definition) is 6. The molecule has 0 aromatic carbocycles. The van der Waals surface area contributed by atoms with Gasteiger partial charge in [-0.3, -0.25) is 0 Å². The van der Waals surface area contributed by atoms with Crippen molar-refractivity contribution >= 4 is 18.2 Å². The van der Waals surface area contributed by atoms with Crippen molar-refractivity contribution in [2.24, 2.45) is 0 Å². The molecule has 1 N–H and O–H groups in total. The third-order valence-corrected chi connectivity index (χ3v) is 4.54. The lowest BCUT2D eigenvalue weighted by Gasteiger charge is -2.27. The van der Waals surface area contributed by atoms with Crippen molar-refractivity contribution in [3.8, 4) is 11.4 Å². The van der Waals surface area contributed by atoms with Crippen LogP contribution in [-0.2, 0) is 0 Å². The Morgan fingerprint density at radius 2 is 2.04 bits per heavy atom. The van der Waals surface area contributed by atoms with Crippen LogP contribution in [0.5, 0.6) is 0 Å². The number of hydrogen-bond donors (Lipinski definition) is 1. The molecule has 0 unspecified atom stereocenters. The minimum Gasteiger partial charge on any atom is -0.357 e. The van der Waals surface area contributed by atoms with Crippen LogP contribution in [0.15, 0.2) is 22.9 Å². The summed E-state index contributed by atoms with van der Waals surface area (Å²) in [5.74, 6) is 2.77. The van der Waals surface area contributed by atoms with Crippen molar-refractivity contribution in [1.29, 1.82) is 0 Å². The van der Waals surface area contributed by atoms with Gasteiger partial charge in [-0.05, 0) is 44.4 Å². The first-order chi connectivity index (χ1) is 10.9. The number of halogens is 1. The van der Waals surface area contributed by atoms with Gasteiger partial charge < -0.3 is 14.7 Å². The van der Waals surface area contributed by atoms with Crippen molar-refractivity contribution in [2.75, 3.05) is 31.1 Å². The first kappa shape index (κ1) is 16.2. The number of rotatable bonds is 3. The van der Waals surface area contributed by atoms with E-state index in [0.29, 0.717) is 11.7 Å². The Bertz CT molecular complexity index is 618. The van der Waals surface area contributed by atoms with E-state index in [0.717, 1.165) is 49.9 Å². The van der Waals surface area contributed by atoms with E-state index in [1.54, 1.807) is 0 Å². The van der Waals surface area contributed by atoms with Gasteiger partial charge in [0.1, 0.15) is 5.82 Å². The lowest BCUT2D eigenvalue weighted by molar-refractivity contribution is 0.359. The molecule has 2 aromatic rings. The van der Waals surface area contributed by atoms with Crippen molar-refractivity contribution < 1.29 is 4.52 Å². The van der Waals surface area contributed by atoms with Crippen LogP contribution in [0.25, 0.3) is 11.4 Å². The summed E-state index contributed by atoms with van der Waals surface area (Å²) in [5.41, 5.74) is 0.918. The number of aromatic nitrogens is 3. The van der Waals surface area contributed by atoms with Crippen LogP contribution < -0.4 is 10.2 Å². The molecule has 0 bridgehead atoms. The molecule has 4 heterocycles. The molecule has 2 aliphatic rings. The molecular weight excluding hydrogens is 314 g/mol. The van der Waals surface area contributed by atoms with Crippen LogP contribution in [0.3, 0.4) is 0 Å². The second-order valence-electron chi connectivity index (χ2n) is 6.10. The summed E-state index contributed by atoms with van der Waals surface area (Å²) in [6.07, 6.45) is 6.76. The van der Waals surface area contributed by atoms with Gasteiger partial charge in [0.05, 0.1) is 5.92 Å². The maximum absolute atomic E-state index is 5.41. The maximum atomic E-state index is 5.41. The first-order valence-electron chi connectivity index (χ1n) is 8.16. The topological polar surface area (TPSA) is 67.1 Å². The van der Waals surface area contributed by atoms with Gasteiger partial charge >= 0.3 is 0 Å². The van der Waals surface area contributed by atoms with Crippen molar-refractivity contribution in [2.45, 2.75) is 31.6 Å². The van der Waals surface area contributed by atoms with Crippen LogP contribution in [0, 0.1) is 0 Å². The van der Waals surface area contributed by atoms with E-state index in [9.17, 15) is 0 Å². The predicted octanol–water partition coefficient (Wildman–Crippen LogP) is 2.62. The molecule has 23 heavy (non-hydrogen) atoms. The minimum atomic E-state index is 0. The normalized spacial score (nSPS) is 21.2. The van der Waals surface area contributed by atoms with E-state index in [4.69, 9.17) is 4.52 Å². The summed E-state index contributed by atoms with van der Waals surface area (Å²) in [7, 11) is 0. The third-order valence-electron chi connectivity index (χ3n) is 4.54. The van der Waals surface area contributed by atoms with E-state index < -0.39 is 0 Å². The van der Waals surface area contributed by atoms with Crippen LogP contribution in [0.1, 0.15) is 37.5 Å².